The number of benzene rings is 1. The summed E-state index contributed by atoms with van der Waals surface area (Å²) in [6.07, 6.45) is 1.52. The number of aromatic nitrogens is 1. The summed E-state index contributed by atoms with van der Waals surface area (Å²) in [4.78, 5) is 5.21. The highest BCUT2D eigenvalue weighted by Gasteiger charge is 2.42. The topological polar surface area (TPSA) is 45.9 Å². The minimum atomic E-state index is -0.738. The number of aliphatic hydroxyl groups is 3. The molecule has 3 atom stereocenters. The van der Waals surface area contributed by atoms with Gasteiger partial charge in [0.05, 0.1) is 11.3 Å². The van der Waals surface area contributed by atoms with Crippen LogP contribution in [0.15, 0.2) is 24.3 Å². The molecular formula is C28H41ClNO2+. The van der Waals surface area contributed by atoms with E-state index in [-0.39, 0.29) is 29.0 Å². The molecule has 0 radical (unpaired) electrons. The van der Waals surface area contributed by atoms with Crippen LogP contribution in [0.25, 0.3) is 0 Å². The Morgan fingerprint density at radius 3 is 2.25 bits per heavy atom. The Morgan fingerprint density at radius 2 is 1.72 bits per heavy atom. The number of ether oxygens (including phenoxy) is 1. The van der Waals surface area contributed by atoms with Gasteiger partial charge < -0.3 is 9.84 Å². The van der Waals surface area contributed by atoms with Gasteiger partial charge in [-0.2, -0.15) is 0 Å². The first kappa shape index (κ1) is 25.2. The third kappa shape index (κ3) is 5.21. The minimum Gasteiger partial charge on any atom is -0.425 e. The summed E-state index contributed by atoms with van der Waals surface area (Å²) in [5.74, 6) is 0.213. The molecule has 1 heterocycles. The molecule has 1 aliphatic carbocycles. The summed E-state index contributed by atoms with van der Waals surface area (Å²) in [7, 11) is 0. The van der Waals surface area contributed by atoms with Crippen molar-refractivity contribution in [1.82, 2.24) is 4.98 Å². The zero-order chi connectivity index (χ0) is 24.0. The number of fused-ring (bicyclic) bond motifs is 1. The minimum absolute atomic E-state index is 0.0906. The van der Waals surface area contributed by atoms with E-state index in [1.807, 2.05) is 24.3 Å². The molecule has 32 heavy (non-hydrogen) atoms. The fourth-order valence-electron chi connectivity index (χ4n) is 4.77. The van der Waals surface area contributed by atoms with Gasteiger partial charge in [0.1, 0.15) is 6.10 Å². The number of pyridine rings is 1. The van der Waals surface area contributed by atoms with Gasteiger partial charge in [0, 0.05) is 35.0 Å². The molecule has 4 heteroatoms. The van der Waals surface area contributed by atoms with Gasteiger partial charge in [0.15, 0.2) is 12.2 Å². The lowest BCUT2D eigenvalue weighted by molar-refractivity contribution is -0.205. The van der Waals surface area contributed by atoms with Crippen LogP contribution in [0.5, 0.6) is 0 Å². The molecule has 0 fully saturated rings. The van der Waals surface area contributed by atoms with Crippen molar-refractivity contribution in [2.45, 2.75) is 99.4 Å². The summed E-state index contributed by atoms with van der Waals surface area (Å²) in [5, 5.41) is 12.2. The molecule has 2 aromatic rings. The van der Waals surface area contributed by atoms with Crippen molar-refractivity contribution in [3.8, 4) is 0 Å². The van der Waals surface area contributed by atoms with Crippen molar-refractivity contribution in [3.05, 3.63) is 62.9 Å². The molecule has 1 aliphatic rings. The van der Waals surface area contributed by atoms with Crippen molar-refractivity contribution in [3.63, 3.8) is 0 Å². The molecule has 2 N–H and O–H groups in total. The van der Waals surface area contributed by atoms with Gasteiger partial charge in [0.25, 0.3) is 0 Å². The first-order valence-electron chi connectivity index (χ1n) is 11.9. The Kier molecular flexibility index (Phi) is 7.15. The number of aliphatic hydroxyl groups excluding tert-OH is 1. The third-order valence-corrected chi connectivity index (χ3v) is 7.29. The molecule has 0 saturated carbocycles. The zero-order valence-corrected chi connectivity index (χ0v) is 22.0. The lowest BCUT2D eigenvalue weighted by Crippen LogP contribution is -2.37. The van der Waals surface area contributed by atoms with E-state index in [2.05, 4.69) is 62.3 Å². The van der Waals surface area contributed by atoms with Gasteiger partial charge in [-0.05, 0) is 47.9 Å². The van der Waals surface area contributed by atoms with Crippen LogP contribution in [0.4, 0.5) is 0 Å². The third-order valence-electron chi connectivity index (χ3n) is 7.04. The molecule has 3 nitrogen and oxygen atoms in total. The van der Waals surface area contributed by atoms with E-state index in [4.69, 9.17) is 21.3 Å². The molecule has 1 aromatic heterocycles. The number of rotatable bonds is 5. The monoisotopic (exact) mass is 458 g/mol. The predicted octanol–water partition coefficient (Wildman–Crippen LogP) is 7.22. The maximum atomic E-state index is 11.5. The second-order valence-electron chi connectivity index (χ2n) is 11.8. The smallest absolute Gasteiger partial charge is 0.183 e. The molecule has 176 valence electrons. The van der Waals surface area contributed by atoms with Crippen LogP contribution in [-0.4, -0.2) is 20.9 Å². The SMILES string of the molecule is Cc1c2c(nc(C(C)C)c1[C@@H](O)c1ccc(Cl)cc1)CC(C)(C)CC2[OH+]C(C)C(C)(C)C. The van der Waals surface area contributed by atoms with Crippen LogP contribution >= 0.6 is 11.6 Å². The Labute approximate surface area is 199 Å². The molecule has 0 saturated heterocycles. The van der Waals surface area contributed by atoms with E-state index < -0.39 is 6.10 Å². The van der Waals surface area contributed by atoms with Gasteiger partial charge in [-0.25, -0.2) is 0 Å². The van der Waals surface area contributed by atoms with Crippen LogP contribution in [0.2, 0.25) is 5.02 Å². The van der Waals surface area contributed by atoms with E-state index >= 15 is 0 Å². The van der Waals surface area contributed by atoms with Crippen molar-refractivity contribution < 1.29 is 9.84 Å². The van der Waals surface area contributed by atoms with Crippen LogP contribution < -0.4 is 0 Å². The van der Waals surface area contributed by atoms with Crippen molar-refractivity contribution in [2.75, 3.05) is 0 Å². The second kappa shape index (κ2) is 9.08. The molecule has 0 amide bonds. The molecule has 3 rings (SSSR count). The Bertz CT molecular complexity index is 957. The summed E-state index contributed by atoms with van der Waals surface area (Å²) >= 11 is 6.09. The van der Waals surface area contributed by atoms with E-state index in [9.17, 15) is 5.11 Å². The van der Waals surface area contributed by atoms with E-state index in [1.165, 1.54) is 5.56 Å². The normalized spacial score (nSPS) is 20.2. The van der Waals surface area contributed by atoms with E-state index in [0.29, 0.717) is 5.02 Å². The molecule has 2 unspecified atom stereocenters. The molecule has 0 bridgehead atoms. The van der Waals surface area contributed by atoms with Gasteiger partial charge >= 0.3 is 0 Å². The molecular weight excluding hydrogens is 418 g/mol. The standard InChI is InChI=1S/C28H40ClNO2/c1-16(2)25-24(26(31)19-10-12-20(29)13-11-19)17(3)23-21(30-25)14-28(8,9)15-22(23)32-18(4)27(5,6)7/h10-13,16,18,22,26,31H,14-15H2,1-9H3/p+1/t18?,22?,26-/m0/s1. The average Bonchev–Trinajstić information content (AvgIpc) is 2.65. The van der Waals surface area contributed by atoms with Crippen LogP contribution in [0, 0.1) is 17.8 Å². The second-order valence-corrected chi connectivity index (χ2v) is 12.2. The quantitative estimate of drug-likeness (QED) is 0.480. The van der Waals surface area contributed by atoms with E-state index in [1.54, 1.807) is 0 Å². The summed E-state index contributed by atoms with van der Waals surface area (Å²) < 4.78 is 5.33. The number of halogens is 1. The zero-order valence-electron chi connectivity index (χ0n) is 21.3. The first-order chi connectivity index (χ1) is 14.7. The average molecular weight is 459 g/mol. The Morgan fingerprint density at radius 1 is 1.12 bits per heavy atom. The van der Waals surface area contributed by atoms with Gasteiger partial charge in [0.2, 0.25) is 0 Å². The predicted molar refractivity (Wildman–Crippen MR) is 135 cm³/mol. The lowest BCUT2D eigenvalue weighted by Gasteiger charge is -2.39. The Hall–Kier alpha value is -1.42. The van der Waals surface area contributed by atoms with Gasteiger partial charge in [-0.15, -0.1) is 0 Å². The van der Waals surface area contributed by atoms with Gasteiger partial charge in [-0.1, -0.05) is 72.2 Å². The van der Waals surface area contributed by atoms with Crippen molar-refractivity contribution in [2.24, 2.45) is 10.8 Å². The number of hydrogen-bond donors (Lipinski definition) is 1. The van der Waals surface area contributed by atoms with Crippen molar-refractivity contribution >= 4 is 11.6 Å². The number of hydrogen-bond acceptors (Lipinski definition) is 2. The first-order valence-corrected chi connectivity index (χ1v) is 12.3. The van der Waals surface area contributed by atoms with Crippen LogP contribution in [0.1, 0.15) is 114 Å². The highest BCUT2D eigenvalue weighted by molar-refractivity contribution is 6.30. The largest absolute Gasteiger partial charge is 0.425 e. The number of nitrogens with zero attached hydrogens (tertiary/aromatic N) is 1. The Balaban J connectivity index is 2.18. The highest BCUT2D eigenvalue weighted by atomic mass is 35.5. The fraction of sp³-hybridized carbons (Fsp3) is 0.607. The van der Waals surface area contributed by atoms with Crippen LogP contribution in [0.3, 0.4) is 0 Å². The van der Waals surface area contributed by atoms with Crippen molar-refractivity contribution in [1.29, 1.82) is 0 Å². The van der Waals surface area contributed by atoms with Gasteiger partial charge in [-0.3, -0.25) is 4.98 Å². The fourth-order valence-corrected chi connectivity index (χ4v) is 4.89. The highest BCUT2D eigenvalue weighted by Crippen LogP contribution is 2.46. The van der Waals surface area contributed by atoms with Crippen LogP contribution in [-0.2, 0) is 6.42 Å². The van der Waals surface area contributed by atoms with E-state index in [0.717, 1.165) is 40.9 Å². The molecule has 0 aliphatic heterocycles. The maximum Gasteiger partial charge on any atom is 0.183 e. The summed E-state index contributed by atoms with van der Waals surface area (Å²) in [5.41, 5.74) is 6.54. The lowest BCUT2D eigenvalue weighted by atomic mass is 9.72. The maximum absolute atomic E-state index is 11.5. The summed E-state index contributed by atoms with van der Waals surface area (Å²) in [6.45, 7) is 20.1. The molecule has 1 aromatic carbocycles. The molecule has 0 spiro atoms. The summed E-state index contributed by atoms with van der Waals surface area (Å²) in [6, 6.07) is 7.48.